The van der Waals surface area contributed by atoms with E-state index in [-0.39, 0.29) is 18.2 Å². The minimum atomic E-state index is -0.398. The van der Waals surface area contributed by atoms with Gasteiger partial charge in [-0.25, -0.2) is 0 Å². The van der Waals surface area contributed by atoms with E-state index in [0.717, 1.165) is 5.69 Å². The van der Waals surface area contributed by atoms with Crippen LogP contribution in [0, 0.1) is 5.92 Å². The molecule has 4 heteroatoms. The van der Waals surface area contributed by atoms with Gasteiger partial charge in [-0.2, -0.15) is 0 Å². The molecule has 1 aromatic rings. The third kappa shape index (κ3) is 2.37. The van der Waals surface area contributed by atoms with Crippen molar-refractivity contribution in [2.45, 2.75) is 26.2 Å². The van der Waals surface area contributed by atoms with Crippen LogP contribution in [0.15, 0.2) is 24.3 Å². The molecular weight excluding hydrogens is 228 g/mol. The van der Waals surface area contributed by atoms with E-state index < -0.39 is 5.91 Å². The van der Waals surface area contributed by atoms with E-state index >= 15 is 0 Å². The molecule has 0 spiro atoms. The fourth-order valence-electron chi connectivity index (χ4n) is 2.19. The lowest BCUT2D eigenvalue weighted by Crippen LogP contribution is -2.28. The van der Waals surface area contributed by atoms with E-state index in [0.29, 0.717) is 12.5 Å². The van der Waals surface area contributed by atoms with Gasteiger partial charge in [-0.05, 0) is 23.6 Å². The Bertz CT molecular complexity index is 465. The molecule has 96 valence electrons. The number of rotatable bonds is 3. The van der Waals surface area contributed by atoms with Gasteiger partial charge in [0.05, 0.1) is 5.92 Å². The molecule has 0 bridgehead atoms. The first kappa shape index (κ1) is 12.6. The Morgan fingerprint density at radius 1 is 1.33 bits per heavy atom. The summed E-state index contributed by atoms with van der Waals surface area (Å²) in [5, 5.41) is 0. The van der Waals surface area contributed by atoms with Gasteiger partial charge >= 0.3 is 0 Å². The molecule has 1 aromatic carbocycles. The first-order valence-electron chi connectivity index (χ1n) is 6.18. The van der Waals surface area contributed by atoms with Gasteiger partial charge in [0.1, 0.15) is 0 Å². The van der Waals surface area contributed by atoms with Gasteiger partial charge in [0, 0.05) is 18.7 Å². The largest absolute Gasteiger partial charge is 0.369 e. The first-order valence-corrected chi connectivity index (χ1v) is 6.18. The Labute approximate surface area is 107 Å². The zero-order valence-electron chi connectivity index (χ0n) is 10.7. The Kier molecular flexibility index (Phi) is 3.36. The monoisotopic (exact) mass is 246 g/mol. The second-order valence-corrected chi connectivity index (χ2v) is 5.05. The van der Waals surface area contributed by atoms with E-state index in [1.54, 1.807) is 4.90 Å². The molecule has 18 heavy (non-hydrogen) atoms. The number of carbonyl (C=O) groups is 2. The number of nitrogens with zero attached hydrogens (tertiary/aromatic N) is 1. The fourth-order valence-corrected chi connectivity index (χ4v) is 2.19. The highest BCUT2D eigenvalue weighted by molar-refractivity contribution is 6.00. The maximum Gasteiger partial charge on any atom is 0.227 e. The standard InChI is InChI=1S/C14H18N2O2/c1-9(2)10-3-5-12(6-4-10)16-8-11(14(15)18)7-13(16)17/h3-6,9,11H,7-8H2,1-2H3,(H2,15,18)/t11-/m1/s1. The number of hydrogen-bond donors (Lipinski definition) is 1. The minimum Gasteiger partial charge on any atom is -0.369 e. The quantitative estimate of drug-likeness (QED) is 0.881. The molecule has 1 aliphatic heterocycles. The smallest absolute Gasteiger partial charge is 0.227 e. The highest BCUT2D eigenvalue weighted by atomic mass is 16.2. The summed E-state index contributed by atoms with van der Waals surface area (Å²) in [6.07, 6.45) is 0.223. The van der Waals surface area contributed by atoms with Gasteiger partial charge in [-0.1, -0.05) is 26.0 Å². The molecule has 1 atom stereocenters. The average molecular weight is 246 g/mol. The summed E-state index contributed by atoms with van der Waals surface area (Å²) in [5.74, 6) is -0.324. The van der Waals surface area contributed by atoms with Gasteiger partial charge in [0.15, 0.2) is 0 Å². The maximum atomic E-state index is 11.8. The summed E-state index contributed by atoms with van der Waals surface area (Å²) in [5.41, 5.74) is 7.32. The van der Waals surface area contributed by atoms with E-state index in [1.807, 2.05) is 24.3 Å². The van der Waals surface area contributed by atoms with Crippen LogP contribution in [0.25, 0.3) is 0 Å². The van der Waals surface area contributed by atoms with Crippen LogP contribution in [-0.4, -0.2) is 18.4 Å². The topological polar surface area (TPSA) is 63.4 Å². The molecule has 0 aromatic heterocycles. The van der Waals surface area contributed by atoms with E-state index in [4.69, 9.17) is 5.73 Å². The van der Waals surface area contributed by atoms with Crippen molar-refractivity contribution in [1.82, 2.24) is 0 Å². The normalized spacial score (nSPS) is 19.6. The molecule has 1 heterocycles. The van der Waals surface area contributed by atoms with Crippen molar-refractivity contribution in [3.05, 3.63) is 29.8 Å². The predicted octanol–water partition coefficient (Wildman–Crippen LogP) is 1.65. The van der Waals surface area contributed by atoms with Crippen molar-refractivity contribution < 1.29 is 9.59 Å². The van der Waals surface area contributed by atoms with Crippen LogP contribution in [-0.2, 0) is 9.59 Å². The summed E-state index contributed by atoms with van der Waals surface area (Å²) < 4.78 is 0. The number of anilines is 1. The maximum absolute atomic E-state index is 11.8. The number of amides is 2. The Morgan fingerprint density at radius 3 is 2.39 bits per heavy atom. The molecule has 0 saturated carbocycles. The minimum absolute atomic E-state index is 0.0314. The zero-order valence-corrected chi connectivity index (χ0v) is 10.7. The van der Waals surface area contributed by atoms with Crippen LogP contribution in [0.2, 0.25) is 0 Å². The van der Waals surface area contributed by atoms with Crippen LogP contribution in [0.3, 0.4) is 0 Å². The van der Waals surface area contributed by atoms with Gasteiger partial charge in [0.2, 0.25) is 11.8 Å². The molecule has 2 rings (SSSR count). The van der Waals surface area contributed by atoms with Gasteiger partial charge in [-0.15, -0.1) is 0 Å². The van der Waals surface area contributed by atoms with Gasteiger partial charge in [0.25, 0.3) is 0 Å². The van der Waals surface area contributed by atoms with Crippen LogP contribution in [0.5, 0.6) is 0 Å². The first-order chi connectivity index (χ1) is 8.49. The predicted molar refractivity (Wildman–Crippen MR) is 70.2 cm³/mol. The SMILES string of the molecule is CC(C)c1ccc(N2C[C@H](C(N)=O)CC2=O)cc1. The van der Waals surface area contributed by atoms with Crippen molar-refractivity contribution in [1.29, 1.82) is 0 Å². The zero-order chi connectivity index (χ0) is 13.3. The van der Waals surface area contributed by atoms with Gasteiger partial charge < -0.3 is 10.6 Å². The Morgan fingerprint density at radius 2 is 1.94 bits per heavy atom. The van der Waals surface area contributed by atoms with Gasteiger partial charge in [-0.3, -0.25) is 9.59 Å². The van der Waals surface area contributed by atoms with E-state index in [1.165, 1.54) is 5.56 Å². The van der Waals surface area contributed by atoms with Crippen molar-refractivity contribution >= 4 is 17.5 Å². The molecule has 1 aliphatic rings. The van der Waals surface area contributed by atoms with E-state index in [2.05, 4.69) is 13.8 Å². The summed E-state index contributed by atoms with van der Waals surface area (Å²) in [6.45, 7) is 4.65. The van der Waals surface area contributed by atoms with E-state index in [9.17, 15) is 9.59 Å². The third-order valence-corrected chi connectivity index (χ3v) is 3.40. The summed E-state index contributed by atoms with van der Waals surface area (Å²) >= 11 is 0. The summed E-state index contributed by atoms with van der Waals surface area (Å²) in [4.78, 5) is 24.6. The number of hydrogen-bond acceptors (Lipinski definition) is 2. The lowest BCUT2D eigenvalue weighted by molar-refractivity contribution is -0.123. The molecule has 2 N–H and O–H groups in total. The second kappa shape index (κ2) is 4.80. The Balaban J connectivity index is 2.17. The molecule has 4 nitrogen and oxygen atoms in total. The highest BCUT2D eigenvalue weighted by Gasteiger charge is 2.33. The second-order valence-electron chi connectivity index (χ2n) is 5.05. The highest BCUT2D eigenvalue weighted by Crippen LogP contribution is 2.26. The average Bonchev–Trinajstić information content (AvgIpc) is 2.71. The summed E-state index contributed by atoms with van der Waals surface area (Å²) in [7, 11) is 0. The number of nitrogens with two attached hydrogens (primary N) is 1. The molecule has 0 radical (unpaired) electrons. The molecule has 1 fully saturated rings. The lowest BCUT2D eigenvalue weighted by Gasteiger charge is -2.17. The van der Waals surface area contributed by atoms with Crippen molar-refractivity contribution in [3.63, 3.8) is 0 Å². The van der Waals surface area contributed by atoms with Crippen molar-refractivity contribution in [2.75, 3.05) is 11.4 Å². The van der Waals surface area contributed by atoms with Crippen molar-refractivity contribution in [3.8, 4) is 0 Å². The molecule has 0 aliphatic carbocycles. The lowest BCUT2D eigenvalue weighted by atomic mass is 10.0. The van der Waals surface area contributed by atoms with Crippen LogP contribution < -0.4 is 10.6 Å². The number of primary amides is 1. The number of benzene rings is 1. The number of carbonyl (C=O) groups excluding carboxylic acids is 2. The van der Waals surface area contributed by atoms with Crippen LogP contribution in [0.4, 0.5) is 5.69 Å². The molecular formula is C14H18N2O2. The third-order valence-electron chi connectivity index (χ3n) is 3.40. The van der Waals surface area contributed by atoms with Crippen LogP contribution >= 0.6 is 0 Å². The Hall–Kier alpha value is -1.84. The molecule has 0 unspecified atom stereocenters. The molecule has 2 amide bonds. The summed E-state index contributed by atoms with van der Waals surface area (Å²) in [6, 6.07) is 7.89. The van der Waals surface area contributed by atoms with Crippen molar-refractivity contribution in [2.24, 2.45) is 11.7 Å². The molecule has 1 saturated heterocycles. The van der Waals surface area contributed by atoms with Crippen LogP contribution in [0.1, 0.15) is 31.7 Å². The fraction of sp³-hybridized carbons (Fsp3) is 0.429.